The van der Waals surface area contributed by atoms with Gasteiger partial charge in [0.1, 0.15) is 23.7 Å². The first kappa shape index (κ1) is 12.9. The second kappa shape index (κ2) is 5.85. The number of benzene rings is 1. The van der Waals surface area contributed by atoms with Crippen molar-refractivity contribution < 1.29 is 15.0 Å². The van der Waals surface area contributed by atoms with Crippen molar-refractivity contribution in [2.24, 2.45) is 0 Å². The molecule has 1 aromatic heterocycles. The molecule has 0 radical (unpaired) electrons. The van der Waals surface area contributed by atoms with Crippen molar-refractivity contribution >= 4 is 5.91 Å². The van der Waals surface area contributed by atoms with Crippen LogP contribution in [0.15, 0.2) is 24.5 Å². The number of H-pyrrole nitrogens is 1. The third-order valence-electron chi connectivity index (χ3n) is 2.51. The summed E-state index contributed by atoms with van der Waals surface area (Å²) in [5, 5.41) is 27.7. The van der Waals surface area contributed by atoms with Crippen LogP contribution in [-0.2, 0) is 6.42 Å². The van der Waals surface area contributed by atoms with Crippen LogP contribution in [0.3, 0.4) is 0 Å². The minimum atomic E-state index is -0.344. The van der Waals surface area contributed by atoms with Crippen LogP contribution in [-0.4, -0.2) is 37.8 Å². The predicted octanol–water partition coefficient (Wildman–Crippen LogP) is 0.578. The largest absolute Gasteiger partial charge is 0.508 e. The minimum absolute atomic E-state index is 0.146. The van der Waals surface area contributed by atoms with E-state index in [0.717, 1.165) is 5.82 Å². The number of aromatic nitrogens is 3. The van der Waals surface area contributed by atoms with Gasteiger partial charge < -0.3 is 15.5 Å². The third-order valence-corrected chi connectivity index (χ3v) is 2.51. The highest BCUT2D eigenvalue weighted by molar-refractivity contribution is 5.95. The Balaban J connectivity index is 1.80. The van der Waals surface area contributed by atoms with Crippen molar-refractivity contribution in [1.82, 2.24) is 20.5 Å². The highest BCUT2D eigenvalue weighted by Gasteiger charge is 2.07. The predicted molar refractivity (Wildman–Crippen MR) is 66.8 cm³/mol. The molecule has 4 N–H and O–H groups in total. The molecule has 0 aliphatic heterocycles. The summed E-state index contributed by atoms with van der Waals surface area (Å²) in [5.41, 5.74) is 0.220. The maximum absolute atomic E-state index is 11.7. The molecule has 100 valence electrons. The quantitative estimate of drug-likeness (QED) is 0.589. The monoisotopic (exact) mass is 262 g/mol. The molecular weight excluding hydrogens is 248 g/mol. The van der Waals surface area contributed by atoms with E-state index in [-0.39, 0.29) is 23.0 Å². The van der Waals surface area contributed by atoms with E-state index in [4.69, 9.17) is 0 Å². The summed E-state index contributed by atoms with van der Waals surface area (Å²) in [6.45, 7) is 0.468. The van der Waals surface area contributed by atoms with Crippen LogP contribution in [0.4, 0.5) is 0 Å². The van der Waals surface area contributed by atoms with Gasteiger partial charge in [0.05, 0.1) is 0 Å². The van der Waals surface area contributed by atoms with E-state index < -0.39 is 0 Å². The van der Waals surface area contributed by atoms with E-state index in [2.05, 4.69) is 20.5 Å². The molecule has 1 heterocycles. The summed E-state index contributed by atoms with van der Waals surface area (Å²) in [6, 6.07) is 3.76. The zero-order valence-electron chi connectivity index (χ0n) is 10.1. The number of phenols is 2. The molecule has 0 fully saturated rings. The number of hydrogen-bond acceptors (Lipinski definition) is 5. The van der Waals surface area contributed by atoms with E-state index in [1.165, 1.54) is 24.5 Å². The van der Waals surface area contributed by atoms with Crippen molar-refractivity contribution in [3.63, 3.8) is 0 Å². The Kier molecular flexibility index (Phi) is 3.97. The van der Waals surface area contributed by atoms with Gasteiger partial charge in [0.25, 0.3) is 5.91 Å². The Morgan fingerprint density at radius 3 is 2.63 bits per heavy atom. The molecule has 0 spiro atoms. The lowest BCUT2D eigenvalue weighted by Gasteiger charge is -2.05. The standard InChI is InChI=1S/C12H14N4O3/c17-9-4-8(5-10(18)6-9)12(19)13-3-1-2-11-14-7-15-16-11/h4-7,17-18H,1-3H2,(H,13,19)(H,14,15,16). The SMILES string of the molecule is O=C(NCCCc1ncn[nH]1)c1cc(O)cc(O)c1. The molecule has 0 unspecified atom stereocenters. The lowest BCUT2D eigenvalue weighted by atomic mass is 10.2. The molecule has 0 saturated carbocycles. The van der Waals surface area contributed by atoms with Crippen LogP contribution in [0.5, 0.6) is 11.5 Å². The molecule has 0 aliphatic rings. The molecular formula is C12H14N4O3. The summed E-state index contributed by atoms with van der Waals surface area (Å²) in [6.07, 6.45) is 2.83. The second-order valence-electron chi connectivity index (χ2n) is 4.03. The van der Waals surface area contributed by atoms with E-state index in [1.807, 2.05) is 0 Å². The van der Waals surface area contributed by atoms with Gasteiger partial charge in [0.2, 0.25) is 0 Å². The highest BCUT2D eigenvalue weighted by Crippen LogP contribution is 2.20. The van der Waals surface area contributed by atoms with Crippen molar-refractivity contribution in [3.05, 3.63) is 35.9 Å². The van der Waals surface area contributed by atoms with Crippen molar-refractivity contribution in [2.75, 3.05) is 6.54 Å². The fourth-order valence-electron chi connectivity index (χ4n) is 1.64. The lowest BCUT2D eigenvalue weighted by Crippen LogP contribution is -2.24. The number of nitrogens with zero attached hydrogens (tertiary/aromatic N) is 2. The molecule has 1 amide bonds. The number of aryl methyl sites for hydroxylation is 1. The first-order chi connectivity index (χ1) is 9.15. The Labute approximate surface area is 109 Å². The number of aromatic hydroxyl groups is 2. The van der Waals surface area contributed by atoms with Gasteiger partial charge in [-0.1, -0.05) is 0 Å². The Morgan fingerprint density at radius 1 is 1.26 bits per heavy atom. The maximum atomic E-state index is 11.7. The number of carbonyl (C=O) groups is 1. The molecule has 0 saturated heterocycles. The summed E-state index contributed by atoms with van der Waals surface area (Å²) < 4.78 is 0. The molecule has 2 aromatic rings. The number of hydrogen-bond donors (Lipinski definition) is 4. The molecule has 2 rings (SSSR count). The smallest absolute Gasteiger partial charge is 0.251 e. The van der Waals surface area contributed by atoms with E-state index >= 15 is 0 Å². The van der Waals surface area contributed by atoms with Crippen molar-refractivity contribution in [3.8, 4) is 11.5 Å². The van der Waals surface area contributed by atoms with Gasteiger partial charge in [-0.05, 0) is 18.6 Å². The fourth-order valence-corrected chi connectivity index (χ4v) is 1.64. The van der Waals surface area contributed by atoms with Gasteiger partial charge in [-0.25, -0.2) is 4.98 Å². The van der Waals surface area contributed by atoms with Crippen LogP contribution >= 0.6 is 0 Å². The number of amides is 1. The summed E-state index contributed by atoms with van der Waals surface area (Å²) >= 11 is 0. The molecule has 7 heteroatoms. The zero-order valence-corrected chi connectivity index (χ0v) is 10.1. The number of aromatic amines is 1. The van der Waals surface area contributed by atoms with Crippen LogP contribution in [0.25, 0.3) is 0 Å². The summed E-state index contributed by atoms with van der Waals surface area (Å²) in [5.74, 6) is 0.131. The van der Waals surface area contributed by atoms with E-state index in [0.29, 0.717) is 19.4 Å². The fraction of sp³-hybridized carbons (Fsp3) is 0.250. The minimum Gasteiger partial charge on any atom is -0.508 e. The van der Waals surface area contributed by atoms with Crippen LogP contribution < -0.4 is 5.32 Å². The number of phenolic OH excluding ortho intramolecular Hbond substituents is 2. The first-order valence-electron chi connectivity index (χ1n) is 5.80. The Bertz CT molecular complexity index is 534. The lowest BCUT2D eigenvalue weighted by molar-refractivity contribution is 0.0952. The van der Waals surface area contributed by atoms with Gasteiger partial charge in [0.15, 0.2) is 0 Å². The second-order valence-corrected chi connectivity index (χ2v) is 4.03. The van der Waals surface area contributed by atoms with E-state index in [9.17, 15) is 15.0 Å². The topological polar surface area (TPSA) is 111 Å². The molecule has 0 aliphatic carbocycles. The van der Waals surface area contributed by atoms with Crippen LogP contribution in [0.1, 0.15) is 22.6 Å². The van der Waals surface area contributed by atoms with E-state index in [1.54, 1.807) is 0 Å². The van der Waals surface area contributed by atoms with Gasteiger partial charge in [-0.3, -0.25) is 9.89 Å². The summed E-state index contributed by atoms with van der Waals surface area (Å²) in [7, 11) is 0. The van der Waals surface area contributed by atoms with Crippen molar-refractivity contribution in [1.29, 1.82) is 0 Å². The molecule has 0 atom stereocenters. The normalized spacial score (nSPS) is 10.3. The Morgan fingerprint density at radius 2 is 2.00 bits per heavy atom. The third kappa shape index (κ3) is 3.70. The molecule has 0 bridgehead atoms. The molecule has 1 aromatic carbocycles. The zero-order chi connectivity index (χ0) is 13.7. The maximum Gasteiger partial charge on any atom is 0.251 e. The van der Waals surface area contributed by atoms with Gasteiger partial charge >= 0.3 is 0 Å². The number of nitrogens with one attached hydrogen (secondary N) is 2. The van der Waals surface area contributed by atoms with Crippen LogP contribution in [0.2, 0.25) is 0 Å². The number of rotatable bonds is 5. The Hall–Kier alpha value is -2.57. The highest BCUT2D eigenvalue weighted by atomic mass is 16.3. The van der Waals surface area contributed by atoms with Gasteiger partial charge in [-0.2, -0.15) is 5.10 Å². The molecule has 19 heavy (non-hydrogen) atoms. The summed E-state index contributed by atoms with van der Waals surface area (Å²) in [4.78, 5) is 15.7. The van der Waals surface area contributed by atoms with Gasteiger partial charge in [-0.15, -0.1) is 0 Å². The van der Waals surface area contributed by atoms with Crippen LogP contribution in [0, 0.1) is 0 Å². The average Bonchev–Trinajstić information content (AvgIpc) is 2.86. The average molecular weight is 262 g/mol. The van der Waals surface area contributed by atoms with Gasteiger partial charge in [0, 0.05) is 24.6 Å². The van der Waals surface area contributed by atoms with Crippen molar-refractivity contribution in [2.45, 2.75) is 12.8 Å². The first-order valence-corrected chi connectivity index (χ1v) is 5.80. The number of carbonyl (C=O) groups excluding carboxylic acids is 1. The molecule has 7 nitrogen and oxygen atoms in total.